The van der Waals surface area contributed by atoms with E-state index in [1.54, 1.807) is 0 Å². The van der Waals surface area contributed by atoms with Gasteiger partial charge in [-0.1, -0.05) is 66.2 Å². The van der Waals surface area contributed by atoms with Gasteiger partial charge in [0.25, 0.3) is 0 Å². The first-order valence-electron chi connectivity index (χ1n) is 18.9. The van der Waals surface area contributed by atoms with Gasteiger partial charge in [0, 0.05) is 48.5 Å². The first-order chi connectivity index (χ1) is 22.6. The highest BCUT2D eigenvalue weighted by Crippen LogP contribution is 2.77. The number of allylic oxidation sites excluding steroid dienone is 2. The van der Waals surface area contributed by atoms with Crippen LogP contribution in [0, 0.1) is 44.8 Å². The van der Waals surface area contributed by atoms with Crippen molar-refractivity contribution in [2.75, 3.05) is 36.8 Å². The molecule has 2 aromatic rings. The van der Waals surface area contributed by atoms with Crippen molar-refractivity contribution in [3.05, 3.63) is 46.7 Å². The molecule has 6 aliphatic rings. The quantitative estimate of drug-likeness (QED) is 0.269. The Labute approximate surface area is 287 Å². The summed E-state index contributed by atoms with van der Waals surface area (Å²) >= 11 is 0. The number of fused-ring (bicyclic) bond motifs is 8. The van der Waals surface area contributed by atoms with E-state index in [1.807, 2.05) is 0 Å². The lowest BCUT2D eigenvalue weighted by Gasteiger charge is -2.71. The lowest BCUT2D eigenvalue weighted by atomic mass is 9.33. The molecule has 1 aliphatic heterocycles. The minimum Gasteiger partial charge on any atom is -0.481 e. The molecule has 7 heteroatoms. The average Bonchev–Trinajstić information content (AvgIpc) is 3.41. The lowest BCUT2D eigenvalue weighted by Crippen LogP contribution is -2.65. The number of benzene rings is 1. The molecule has 4 fully saturated rings. The number of H-pyrrole nitrogens is 1. The summed E-state index contributed by atoms with van der Waals surface area (Å²) in [5.74, 6) is 1.11. The predicted octanol–water partition coefficient (Wildman–Crippen LogP) is 7.83. The summed E-state index contributed by atoms with van der Waals surface area (Å²) in [5, 5.41) is 22.5. The summed E-state index contributed by atoms with van der Waals surface area (Å²) in [6.45, 7) is 21.5. The maximum absolute atomic E-state index is 13.5. The number of nitrogens with zero attached hydrogens (tertiary/aromatic N) is 2. The highest BCUT2D eigenvalue weighted by molar-refractivity contribution is 5.80. The summed E-state index contributed by atoms with van der Waals surface area (Å²) in [4.78, 5) is 16.0. The number of aliphatic carboxylic acids is 1. The number of anilines is 2. The van der Waals surface area contributed by atoms with E-state index in [0.717, 1.165) is 71.1 Å². The van der Waals surface area contributed by atoms with Crippen molar-refractivity contribution in [1.82, 2.24) is 15.5 Å². The number of nitrogen functional groups attached to an aromatic ring is 1. The van der Waals surface area contributed by atoms with E-state index < -0.39 is 11.4 Å². The van der Waals surface area contributed by atoms with E-state index in [2.05, 4.69) is 93.1 Å². The van der Waals surface area contributed by atoms with Gasteiger partial charge in [0.1, 0.15) is 5.82 Å². The van der Waals surface area contributed by atoms with Crippen molar-refractivity contribution in [2.24, 2.45) is 44.8 Å². The third kappa shape index (κ3) is 4.21. The van der Waals surface area contributed by atoms with Crippen LogP contribution < -0.4 is 16.0 Å². The van der Waals surface area contributed by atoms with Crippen LogP contribution >= 0.6 is 0 Å². The van der Waals surface area contributed by atoms with E-state index in [1.165, 1.54) is 46.5 Å². The topological polar surface area (TPSA) is 107 Å². The fourth-order valence-corrected chi connectivity index (χ4v) is 13.3. The van der Waals surface area contributed by atoms with Crippen LogP contribution in [0.2, 0.25) is 0 Å². The van der Waals surface area contributed by atoms with Crippen molar-refractivity contribution in [1.29, 1.82) is 0 Å². The van der Waals surface area contributed by atoms with Crippen LogP contribution in [0.25, 0.3) is 5.57 Å². The Hall–Kier alpha value is -2.80. The fraction of sp³-hybridized carbons (Fsp3) is 0.707. The van der Waals surface area contributed by atoms with Crippen LogP contribution in [0.3, 0.4) is 0 Å². The number of rotatable bonds is 3. The van der Waals surface area contributed by atoms with Gasteiger partial charge in [-0.2, -0.15) is 5.10 Å². The zero-order chi connectivity index (χ0) is 34.1. The largest absolute Gasteiger partial charge is 0.481 e. The summed E-state index contributed by atoms with van der Waals surface area (Å²) < 4.78 is 0. The van der Waals surface area contributed by atoms with Gasteiger partial charge in [-0.05, 0) is 120 Å². The van der Waals surface area contributed by atoms with Crippen molar-refractivity contribution in [2.45, 2.75) is 112 Å². The van der Waals surface area contributed by atoms with Crippen LogP contribution in [0.1, 0.15) is 117 Å². The molecule has 0 amide bonds. The molecule has 0 spiro atoms. The second-order valence-corrected chi connectivity index (χ2v) is 19.0. The Morgan fingerprint density at radius 2 is 1.62 bits per heavy atom. The van der Waals surface area contributed by atoms with Crippen molar-refractivity contribution in [3.63, 3.8) is 0 Å². The number of nitrogens with two attached hydrogens (primary N) is 1. The van der Waals surface area contributed by atoms with Crippen LogP contribution in [-0.2, 0) is 16.6 Å². The summed E-state index contributed by atoms with van der Waals surface area (Å²) in [6, 6.07) is 9.44. The molecule has 1 saturated heterocycles. The highest BCUT2D eigenvalue weighted by Gasteiger charge is 2.70. The number of carboxylic acids is 1. The standard InChI is InChI=1S/C41H59N5O2/c1-36(2)14-16-41(35(47)48)17-15-40(7)32(29(41)24-36)27(25-8-10-26(11-9-25)46-20-18-43-19-21-46)22-31-38(5)23-28-33(44-45-34(28)42)37(3,4)30(38)12-13-39(31,40)6/h8-11,29-31,43H,12-24H2,1-7H3,(H,47,48)(H3,42,44,45). The van der Waals surface area contributed by atoms with E-state index in [9.17, 15) is 9.90 Å². The Balaban J connectivity index is 1.33. The zero-order valence-electron chi connectivity index (χ0n) is 30.6. The van der Waals surface area contributed by atoms with Crippen LogP contribution in [0.4, 0.5) is 11.5 Å². The van der Waals surface area contributed by atoms with Gasteiger partial charge in [-0.3, -0.25) is 9.89 Å². The number of carbonyl (C=O) groups is 1. The third-order valence-corrected chi connectivity index (χ3v) is 16.1. The number of hydrogen-bond donors (Lipinski definition) is 4. The van der Waals surface area contributed by atoms with E-state index in [0.29, 0.717) is 17.7 Å². The zero-order valence-corrected chi connectivity index (χ0v) is 30.6. The molecule has 7 nitrogen and oxygen atoms in total. The van der Waals surface area contributed by atoms with Crippen molar-refractivity contribution in [3.8, 4) is 0 Å². The summed E-state index contributed by atoms with van der Waals surface area (Å²) in [7, 11) is 0. The smallest absolute Gasteiger partial charge is 0.310 e. The molecule has 0 radical (unpaired) electrons. The molecule has 8 rings (SSSR count). The second kappa shape index (κ2) is 10.4. The van der Waals surface area contributed by atoms with E-state index in [4.69, 9.17) is 5.73 Å². The number of nitrogens with one attached hydrogen (secondary N) is 2. The third-order valence-electron chi connectivity index (χ3n) is 16.1. The Bertz CT molecular complexity index is 1670. The normalized spacial score (nSPS) is 39.8. The van der Waals surface area contributed by atoms with Crippen LogP contribution in [0.15, 0.2) is 29.8 Å². The SMILES string of the molecule is CC1(C)CCC2(C(=O)O)CCC3(C)C(=C(c4ccc(N5CCNCC5)cc4)CC4C5(C)Cc6c(N)n[nH]c6C(C)(C)C5CCC43C)C2C1. The molecule has 3 saturated carbocycles. The van der Waals surface area contributed by atoms with Gasteiger partial charge >= 0.3 is 5.97 Å². The van der Waals surface area contributed by atoms with Gasteiger partial charge < -0.3 is 21.1 Å². The molecular weight excluding hydrogens is 594 g/mol. The number of aromatic nitrogens is 2. The first kappa shape index (κ1) is 32.4. The molecular formula is C41H59N5O2. The maximum Gasteiger partial charge on any atom is 0.310 e. The Morgan fingerprint density at radius 3 is 2.31 bits per heavy atom. The number of piperazine rings is 1. The molecule has 48 heavy (non-hydrogen) atoms. The molecule has 7 unspecified atom stereocenters. The Kier molecular flexibility index (Phi) is 7.00. The minimum absolute atomic E-state index is 0.0369. The minimum atomic E-state index is -0.673. The van der Waals surface area contributed by atoms with Gasteiger partial charge in [0.2, 0.25) is 0 Å². The van der Waals surface area contributed by atoms with Gasteiger partial charge in [0.05, 0.1) is 5.41 Å². The fourth-order valence-electron chi connectivity index (χ4n) is 13.3. The summed E-state index contributed by atoms with van der Waals surface area (Å²) in [6.07, 6.45) is 8.75. The molecule has 1 aromatic carbocycles. The van der Waals surface area contributed by atoms with Gasteiger partial charge in [-0.25, -0.2) is 0 Å². The summed E-state index contributed by atoms with van der Waals surface area (Å²) in [5.41, 5.74) is 14.1. The van der Waals surface area contributed by atoms with E-state index >= 15 is 0 Å². The molecule has 5 aliphatic carbocycles. The average molecular weight is 654 g/mol. The van der Waals surface area contributed by atoms with Gasteiger partial charge in [-0.15, -0.1) is 0 Å². The van der Waals surface area contributed by atoms with E-state index in [-0.39, 0.29) is 33.0 Å². The number of aromatic amines is 1. The molecule has 5 N–H and O–H groups in total. The Morgan fingerprint density at radius 1 is 0.938 bits per heavy atom. The molecule has 7 atom stereocenters. The van der Waals surface area contributed by atoms with Crippen LogP contribution in [0.5, 0.6) is 0 Å². The number of carboxylic acid groups (broad SMARTS) is 1. The van der Waals surface area contributed by atoms with Gasteiger partial charge in [0.15, 0.2) is 0 Å². The van der Waals surface area contributed by atoms with Crippen LogP contribution in [-0.4, -0.2) is 47.5 Å². The molecule has 2 heterocycles. The molecule has 0 bridgehead atoms. The molecule has 1 aromatic heterocycles. The predicted molar refractivity (Wildman–Crippen MR) is 194 cm³/mol. The maximum atomic E-state index is 13.5. The second-order valence-electron chi connectivity index (χ2n) is 19.0. The van der Waals surface area contributed by atoms with Crippen molar-refractivity contribution >= 4 is 23.0 Å². The molecule has 260 valence electrons. The number of hydrogen-bond acceptors (Lipinski definition) is 5. The monoisotopic (exact) mass is 653 g/mol. The lowest BCUT2D eigenvalue weighted by molar-refractivity contribution is -0.175. The first-order valence-corrected chi connectivity index (χ1v) is 18.9. The highest BCUT2D eigenvalue weighted by atomic mass is 16.4. The van der Waals surface area contributed by atoms with Crippen molar-refractivity contribution < 1.29 is 9.90 Å².